The second kappa shape index (κ2) is 10.4. The van der Waals surface area contributed by atoms with Gasteiger partial charge in [0.1, 0.15) is 0 Å². The van der Waals surface area contributed by atoms with E-state index in [-0.39, 0.29) is 0 Å². The lowest BCUT2D eigenvalue weighted by atomic mass is 10.2. The third-order valence-corrected chi connectivity index (χ3v) is 3.26. The Morgan fingerprint density at radius 1 is 0.913 bits per heavy atom. The first kappa shape index (κ1) is 17.0. The van der Waals surface area contributed by atoms with Crippen LogP contribution in [0.5, 0.6) is 0 Å². The summed E-state index contributed by atoms with van der Waals surface area (Å²) >= 11 is 0. The van der Waals surface area contributed by atoms with E-state index in [9.17, 15) is 0 Å². The zero-order chi connectivity index (χ0) is 16.2. The smallest absolute Gasteiger partial charge is 0.191 e. The molecular formula is C19H25N3O. The van der Waals surface area contributed by atoms with Crippen molar-refractivity contribution in [1.29, 1.82) is 0 Å². The molecule has 122 valence electrons. The fourth-order valence-corrected chi connectivity index (χ4v) is 2.10. The van der Waals surface area contributed by atoms with E-state index >= 15 is 0 Å². The predicted octanol–water partition coefficient (Wildman–Crippen LogP) is 2.96. The van der Waals surface area contributed by atoms with E-state index in [2.05, 4.69) is 46.8 Å². The molecule has 0 unspecified atom stereocenters. The van der Waals surface area contributed by atoms with Crippen molar-refractivity contribution in [2.75, 3.05) is 19.7 Å². The number of benzene rings is 2. The van der Waals surface area contributed by atoms with Gasteiger partial charge < -0.3 is 15.4 Å². The van der Waals surface area contributed by atoms with Gasteiger partial charge in [-0.2, -0.15) is 0 Å². The summed E-state index contributed by atoms with van der Waals surface area (Å²) in [5.74, 6) is 0.819. The summed E-state index contributed by atoms with van der Waals surface area (Å²) in [6.45, 7) is 5.58. The van der Waals surface area contributed by atoms with Gasteiger partial charge in [-0.25, -0.2) is 4.99 Å². The first-order chi connectivity index (χ1) is 11.4. The van der Waals surface area contributed by atoms with E-state index in [1.807, 2.05) is 36.4 Å². The first-order valence-corrected chi connectivity index (χ1v) is 8.06. The van der Waals surface area contributed by atoms with Crippen LogP contribution in [0, 0.1) is 0 Å². The largest absolute Gasteiger partial charge is 0.375 e. The van der Waals surface area contributed by atoms with Crippen LogP contribution in [0.3, 0.4) is 0 Å². The van der Waals surface area contributed by atoms with E-state index in [1.54, 1.807) is 0 Å². The highest BCUT2D eigenvalue weighted by molar-refractivity contribution is 5.79. The van der Waals surface area contributed by atoms with Gasteiger partial charge in [-0.1, -0.05) is 60.7 Å². The van der Waals surface area contributed by atoms with E-state index in [1.165, 1.54) is 11.1 Å². The molecule has 4 nitrogen and oxygen atoms in total. The van der Waals surface area contributed by atoms with Crippen molar-refractivity contribution < 1.29 is 4.74 Å². The predicted molar refractivity (Wildman–Crippen MR) is 95.4 cm³/mol. The van der Waals surface area contributed by atoms with Crippen LogP contribution in [-0.4, -0.2) is 25.7 Å². The molecule has 0 aliphatic heterocycles. The molecule has 0 fully saturated rings. The Balaban J connectivity index is 1.69. The summed E-state index contributed by atoms with van der Waals surface area (Å²) in [4.78, 5) is 4.58. The van der Waals surface area contributed by atoms with Crippen LogP contribution in [0.2, 0.25) is 0 Å². The van der Waals surface area contributed by atoms with Crippen molar-refractivity contribution in [3.8, 4) is 0 Å². The molecule has 4 heteroatoms. The van der Waals surface area contributed by atoms with E-state index in [0.717, 1.165) is 19.0 Å². The highest BCUT2D eigenvalue weighted by Crippen LogP contribution is 2.00. The Kier molecular flexibility index (Phi) is 7.70. The minimum absolute atomic E-state index is 0.639. The van der Waals surface area contributed by atoms with Gasteiger partial charge in [0.05, 0.1) is 19.8 Å². The Morgan fingerprint density at radius 2 is 1.57 bits per heavy atom. The lowest BCUT2D eigenvalue weighted by Gasteiger charge is -2.11. The molecule has 0 aliphatic rings. The molecule has 0 aromatic heterocycles. The second-order valence-electron chi connectivity index (χ2n) is 5.15. The van der Waals surface area contributed by atoms with Gasteiger partial charge in [0.2, 0.25) is 0 Å². The Morgan fingerprint density at radius 3 is 2.22 bits per heavy atom. The zero-order valence-electron chi connectivity index (χ0n) is 13.7. The first-order valence-electron chi connectivity index (χ1n) is 8.06. The van der Waals surface area contributed by atoms with Gasteiger partial charge in [0.15, 0.2) is 5.96 Å². The molecule has 0 radical (unpaired) electrons. The number of rotatable bonds is 8. The second-order valence-corrected chi connectivity index (χ2v) is 5.15. The lowest BCUT2D eigenvalue weighted by Crippen LogP contribution is -2.38. The summed E-state index contributed by atoms with van der Waals surface area (Å²) in [6, 6.07) is 20.4. The topological polar surface area (TPSA) is 45.7 Å². The van der Waals surface area contributed by atoms with E-state index < -0.39 is 0 Å². The summed E-state index contributed by atoms with van der Waals surface area (Å²) < 4.78 is 5.67. The molecule has 0 bridgehead atoms. The van der Waals surface area contributed by atoms with Gasteiger partial charge in [-0.15, -0.1) is 0 Å². The van der Waals surface area contributed by atoms with Crippen LogP contribution >= 0.6 is 0 Å². The van der Waals surface area contributed by atoms with Crippen molar-refractivity contribution >= 4 is 5.96 Å². The third-order valence-electron chi connectivity index (χ3n) is 3.26. The number of ether oxygens (including phenoxy) is 1. The number of guanidine groups is 1. The average Bonchev–Trinajstić information content (AvgIpc) is 2.61. The molecule has 0 saturated carbocycles. The Labute approximate surface area is 138 Å². The number of aliphatic imine (C=N–C) groups is 1. The fourth-order valence-electron chi connectivity index (χ4n) is 2.10. The molecule has 2 aromatic rings. The van der Waals surface area contributed by atoms with Crippen LogP contribution in [0.15, 0.2) is 65.7 Å². The van der Waals surface area contributed by atoms with Crippen LogP contribution in [-0.2, 0) is 17.9 Å². The van der Waals surface area contributed by atoms with Crippen LogP contribution in [0.4, 0.5) is 0 Å². The summed E-state index contributed by atoms with van der Waals surface area (Å²) in [7, 11) is 0. The van der Waals surface area contributed by atoms with Gasteiger partial charge >= 0.3 is 0 Å². The van der Waals surface area contributed by atoms with Crippen molar-refractivity contribution in [3.63, 3.8) is 0 Å². The van der Waals surface area contributed by atoms with Crippen molar-refractivity contribution in [1.82, 2.24) is 10.6 Å². The standard InChI is InChI=1S/C19H25N3O/c1-2-20-19(22-15-17-9-5-3-6-10-17)21-13-14-23-16-18-11-7-4-8-12-18/h3-12H,2,13-16H2,1H3,(H2,20,21,22). The van der Waals surface area contributed by atoms with Gasteiger partial charge in [0.25, 0.3) is 0 Å². The number of hydrogen-bond donors (Lipinski definition) is 2. The number of hydrogen-bond acceptors (Lipinski definition) is 2. The maximum absolute atomic E-state index is 5.67. The fraction of sp³-hybridized carbons (Fsp3) is 0.316. The molecule has 0 atom stereocenters. The molecule has 0 aliphatic carbocycles. The zero-order valence-corrected chi connectivity index (χ0v) is 13.7. The molecule has 0 heterocycles. The van der Waals surface area contributed by atoms with Gasteiger partial charge in [0, 0.05) is 13.1 Å². The highest BCUT2D eigenvalue weighted by Gasteiger charge is 1.97. The number of nitrogens with one attached hydrogen (secondary N) is 2. The Bertz CT molecular complexity index is 570. The highest BCUT2D eigenvalue weighted by atomic mass is 16.5. The van der Waals surface area contributed by atoms with Gasteiger partial charge in [-0.3, -0.25) is 0 Å². The molecule has 2 aromatic carbocycles. The molecule has 23 heavy (non-hydrogen) atoms. The maximum Gasteiger partial charge on any atom is 0.191 e. The molecule has 0 saturated heterocycles. The van der Waals surface area contributed by atoms with Gasteiger partial charge in [-0.05, 0) is 18.1 Å². The SMILES string of the molecule is CCNC(=NCc1ccccc1)NCCOCc1ccccc1. The third kappa shape index (κ3) is 6.98. The molecule has 2 rings (SSSR count). The van der Waals surface area contributed by atoms with Crippen LogP contribution < -0.4 is 10.6 Å². The molecular weight excluding hydrogens is 286 g/mol. The average molecular weight is 311 g/mol. The summed E-state index contributed by atoms with van der Waals surface area (Å²) in [5.41, 5.74) is 2.39. The minimum Gasteiger partial charge on any atom is -0.375 e. The van der Waals surface area contributed by atoms with E-state index in [0.29, 0.717) is 19.8 Å². The van der Waals surface area contributed by atoms with Crippen molar-refractivity contribution in [3.05, 3.63) is 71.8 Å². The quantitative estimate of drug-likeness (QED) is 0.447. The van der Waals surface area contributed by atoms with Crippen LogP contribution in [0.25, 0.3) is 0 Å². The van der Waals surface area contributed by atoms with E-state index in [4.69, 9.17) is 4.74 Å². The van der Waals surface area contributed by atoms with Crippen molar-refractivity contribution in [2.45, 2.75) is 20.1 Å². The monoisotopic (exact) mass is 311 g/mol. The van der Waals surface area contributed by atoms with Crippen molar-refractivity contribution in [2.24, 2.45) is 4.99 Å². The van der Waals surface area contributed by atoms with Crippen LogP contribution in [0.1, 0.15) is 18.1 Å². The molecule has 0 spiro atoms. The maximum atomic E-state index is 5.67. The lowest BCUT2D eigenvalue weighted by molar-refractivity contribution is 0.125. The normalized spacial score (nSPS) is 11.3. The minimum atomic E-state index is 0.639. The Hall–Kier alpha value is -2.33. The molecule has 2 N–H and O–H groups in total. The summed E-state index contributed by atoms with van der Waals surface area (Å²) in [5, 5.41) is 6.54. The number of nitrogens with zero attached hydrogens (tertiary/aromatic N) is 1. The summed E-state index contributed by atoms with van der Waals surface area (Å²) in [6.07, 6.45) is 0. The molecule has 0 amide bonds.